The number of carbonyl (C=O) groups is 1. The molecule has 0 heterocycles. The van der Waals surface area contributed by atoms with E-state index in [1.165, 1.54) is 21.3 Å². The van der Waals surface area contributed by atoms with Crippen molar-refractivity contribution in [3.63, 3.8) is 0 Å². The van der Waals surface area contributed by atoms with Gasteiger partial charge in [-0.1, -0.05) is 18.2 Å². The first kappa shape index (κ1) is 26.8. The summed E-state index contributed by atoms with van der Waals surface area (Å²) in [5.74, 6) is 1.42. The number of hydrogen-bond donors (Lipinski definition) is 3. The standard InChI is InChI=1S/C25H33NO8/c1-5-17(18-6-8-20(9-7-18)34-16-24(28)29)10-11-26-14-19(27)15-33-21-12-22(30-2)25(32-4)23(13-21)31-3/h5-9,12-13,19,26-27H,10-11,14-16H2,1-4H3,(H,28,29)/b17-5+. The van der Waals surface area contributed by atoms with Gasteiger partial charge in [-0.3, -0.25) is 0 Å². The van der Waals surface area contributed by atoms with Crippen LogP contribution in [-0.2, 0) is 4.79 Å². The second-order valence-corrected chi connectivity index (χ2v) is 7.30. The second kappa shape index (κ2) is 14.0. The van der Waals surface area contributed by atoms with Crippen molar-refractivity contribution in [2.45, 2.75) is 19.4 Å². The predicted molar refractivity (Wildman–Crippen MR) is 128 cm³/mol. The topological polar surface area (TPSA) is 116 Å². The van der Waals surface area contributed by atoms with Crippen molar-refractivity contribution in [1.82, 2.24) is 5.32 Å². The lowest BCUT2D eigenvalue weighted by molar-refractivity contribution is -0.139. The van der Waals surface area contributed by atoms with Crippen molar-refractivity contribution < 1.29 is 38.7 Å². The fourth-order valence-corrected chi connectivity index (χ4v) is 3.25. The molecule has 2 aromatic carbocycles. The van der Waals surface area contributed by atoms with Gasteiger partial charge in [-0.2, -0.15) is 0 Å². The lowest BCUT2D eigenvalue weighted by Crippen LogP contribution is -2.32. The van der Waals surface area contributed by atoms with Gasteiger partial charge in [-0.25, -0.2) is 4.79 Å². The zero-order valence-corrected chi connectivity index (χ0v) is 20.0. The molecule has 0 aromatic heterocycles. The smallest absolute Gasteiger partial charge is 0.341 e. The molecule has 0 saturated heterocycles. The third-order valence-electron chi connectivity index (χ3n) is 4.97. The molecule has 1 unspecified atom stereocenters. The normalized spacial score (nSPS) is 12.1. The lowest BCUT2D eigenvalue weighted by atomic mass is 10.0. The summed E-state index contributed by atoms with van der Waals surface area (Å²) >= 11 is 0. The van der Waals surface area contributed by atoms with Crippen LogP contribution in [0.1, 0.15) is 18.9 Å². The van der Waals surface area contributed by atoms with E-state index < -0.39 is 12.1 Å². The van der Waals surface area contributed by atoms with Crippen LogP contribution >= 0.6 is 0 Å². The molecule has 186 valence electrons. The summed E-state index contributed by atoms with van der Waals surface area (Å²) in [5, 5.41) is 22.2. The summed E-state index contributed by atoms with van der Waals surface area (Å²) < 4.78 is 26.8. The molecule has 0 spiro atoms. The van der Waals surface area contributed by atoms with E-state index in [4.69, 9.17) is 28.8 Å². The Balaban J connectivity index is 1.78. The Morgan fingerprint density at radius 1 is 1.00 bits per heavy atom. The Hall–Kier alpha value is -3.43. The molecule has 0 radical (unpaired) electrons. The molecule has 9 nitrogen and oxygen atoms in total. The molecule has 0 aliphatic heterocycles. The highest BCUT2D eigenvalue weighted by Gasteiger charge is 2.15. The SMILES string of the molecule is C/C=C(\CCNCC(O)COc1cc(OC)c(OC)c(OC)c1)c1ccc(OCC(=O)O)cc1. The number of hydrogen-bond acceptors (Lipinski definition) is 8. The molecule has 3 N–H and O–H groups in total. The van der Waals surface area contributed by atoms with Gasteiger partial charge >= 0.3 is 5.97 Å². The quantitative estimate of drug-likeness (QED) is 0.334. The van der Waals surface area contributed by atoms with Gasteiger partial charge in [0.15, 0.2) is 18.1 Å². The minimum absolute atomic E-state index is 0.0971. The third-order valence-corrected chi connectivity index (χ3v) is 4.97. The molecule has 0 bridgehead atoms. The van der Waals surface area contributed by atoms with E-state index >= 15 is 0 Å². The molecule has 0 amide bonds. The van der Waals surface area contributed by atoms with Crippen LogP contribution in [0.3, 0.4) is 0 Å². The maximum absolute atomic E-state index is 10.6. The Morgan fingerprint density at radius 3 is 2.18 bits per heavy atom. The summed E-state index contributed by atoms with van der Waals surface area (Å²) in [4.78, 5) is 10.6. The van der Waals surface area contributed by atoms with E-state index in [0.717, 1.165) is 17.6 Å². The van der Waals surface area contributed by atoms with Crippen molar-refractivity contribution >= 4 is 11.5 Å². The fourth-order valence-electron chi connectivity index (χ4n) is 3.25. The summed E-state index contributed by atoms with van der Waals surface area (Å²) in [6, 6.07) is 10.6. The average molecular weight is 476 g/mol. The van der Waals surface area contributed by atoms with Crippen molar-refractivity contribution in [2.24, 2.45) is 0 Å². The van der Waals surface area contributed by atoms with Crippen molar-refractivity contribution in [3.8, 4) is 28.7 Å². The zero-order chi connectivity index (χ0) is 24.9. The average Bonchev–Trinajstić information content (AvgIpc) is 2.85. The van der Waals surface area contributed by atoms with Crippen LogP contribution in [0, 0.1) is 0 Å². The van der Waals surface area contributed by atoms with Gasteiger partial charge in [0, 0.05) is 18.7 Å². The summed E-state index contributed by atoms with van der Waals surface area (Å²) in [5.41, 5.74) is 2.15. The number of allylic oxidation sites excluding steroid dienone is 1. The van der Waals surface area contributed by atoms with Gasteiger partial charge in [0.2, 0.25) is 5.75 Å². The first-order valence-electron chi connectivity index (χ1n) is 10.8. The number of carboxylic acids is 1. The number of ether oxygens (including phenoxy) is 5. The Labute approximate surface area is 199 Å². The van der Waals surface area contributed by atoms with Gasteiger partial charge in [0.25, 0.3) is 0 Å². The monoisotopic (exact) mass is 475 g/mol. The molecular weight excluding hydrogens is 442 g/mol. The van der Waals surface area contributed by atoms with E-state index in [2.05, 4.69) is 5.32 Å². The van der Waals surface area contributed by atoms with Crippen LogP contribution in [-0.4, -0.2) is 69.9 Å². The molecule has 0 aliphatic carbocycles. The van der Waals surface area contributed by atoms with Gasteiger partial charge < -0.3 is 39.2 Å². The van der Waals surface area contributed by atoms with E-state index in [1.807, 2.05) is 25.1 Å². The van der Waals surface area contributed by atoms with Crippen LogP contribution < -0.4 is 29.0 Å². The first-order valence-corrected chi connectivity index (χ1v) is 10.8. The van der Waals surface area contributed by atoms with Crippen LogP contribution in [0.15, 0.2) is 42.5 Å². The zero-order valence-electron chi connectivity index (χ0n) is 20.0. The number of aliphatic carboxylic acids is 1. The van der Waals surface area contributed by atoms with E-state index in [9.17, 15) is 9.90 Å². The molecule has 1 atom stereocenters. The number of nitrogens with one attached hydrogen (secondary N) is 1. The molecule has 2 aromatic rings. The maximum Gasteiger partial charge on any atom is 0.341 e. The van der Waals surface area contributed by atoms with Gasteiger partial charge in [0.1, 0.15) is 24.2 Å². The highest BCUT2D eigenvalue weighted by Crippen LogP contribution is 2.40. The molecular formula is C25H33NO8. The van der Waals surface area contributed by atoms with Crippen LogP contribution in [0.2, 0.25) is 0 Å². The van der Waals surface area contributed by atoms with E-state index in [1.54, 1.807) is 24.3 Å². The van der Waals surface area contributed by atoms with Crippen molar-refractivity contribution in [1.29, 1.82) is 0 Å². The van der Waals surface area contributed by atoms with Crippen LogP contribution in [0.4, 0.5) is 0 Å². The molecule has 34 heavy (non-hydrogen) atoms. The minimum atomic E-state index is -1.01. The van der Waals surface area contributed by atoms with Crippen LogP contribution in [0.5, 0.6) is 28.7 Å². The van der Waals surface area contributed by atoms with E-state index in [0.29, 0.717) is 41.8 Å². The minimum Gasteiger partial charge on any atom is -0.493 e. The highest BCUT2D eigenvalue weighted by molar-refractivity contribution is 5.69. The Bertz CT molecular complexity index is 917. The largest absolute Gasteiger partial charge is 0.493 e. The van der Waals surface area contributed by atoms with Crippen molar-refractivity contribution in [2.75, 3.05) is 47.6 Å². The molecule has 9 heteroatoms. The summed E-state index contributed by atoms with van der Waals surface area (Å²) in [6.07, 6.45) is 2.07. The molecule has 0 aliphatic rings. The Kier molecular flexibility index (Phi) is 11.0. The molecule has 0 fully saturated rings. The highest BCUT2D eigenvalue weighted by atomic mass is 16.5. The second-order valence-electron chi connectivity index (χ2n) is 7.30. The van der Waals surface area contributed by atoms with E-state index in [-0.39, 0.29) is 13.2 Å². The van der Waals surface area contributed by atoms with Gasteiger partial charge in [-0.15, -0.1) is 0 Å². The lowest BCUT2D eigenvalue weighted by Gasteiger charge is -2.17. The molecule has 2 rings (SSSR count). The first-order chi connectivity index (χ1) is 16.4. The van der Waals surface area contributed by atoms with Crippen LogP contribution in [0.25, 0.3) is 5.57 Å². The third kappa shape index (κ3) is 8.17. The number of rotatable bonds is 15. The fraction of sp³-hybridized carbons (Fsp3) is 0.400. The maximum atomic E-state index is 10.6. The number of methoxy groups -OCH3 is 3. The summed E-state index contributed by atoms with van der Waals surface area (Å²) in [6.45, 7) is 2.72. The van der Waals surface area contributed by atoms with Gasteiger partial charge in [-0.05, 0) is 43.2 Å². The Morgan fingerprint density at radius 2 is 1.65 bits per heavy atom. The number of aliphatic hydroxyl groups is 1. The molecule has 0 saturated carbocycles. The summed E-state index contributed by atoms with van der Waals surface area (Å²) in [7, 11) is 4.59. The van der Waals surface area contributed by atoms with Crippen molar-refractivity contribution in [3.05, 3.63) is 48.0 Å². The predicted octanol–water partition coefficient (Wildman–Crippen LogP) is 3.00. The number of aliphatic hydroxyl groups excluding tert-OH is 1. The van der Waals surface area contributed by atoms with Gasteiger partial charge in [0.05, 0.1) is 21.3 Å². The number of benzene rings is 2. The number of carboxylic acid groups (broad SMARTS) is 1.